The molecule has 6 heteroatoms. The zero-order valence-electron chi connectivity index (χ0n) is 4.92. The number of nitrogens with zero attached hydrogens (tertiary/aromatic N) is 1. The van der Waals surface area contributed by atoms with Crippen molar-refractivity contribution >= 4 is 6.09 Å². The van der Waals surface area contributed by atoms with Gasteiger partial charge in [-0.1, -0.05) is 0 Å². The van der Waals surface area contributed by atoms with Crippen LogP contribution in [0.25, 0.3) is 0 Å². The molecule has 1 saturated heterocycles. The molecule has 0 aromatic heterocycles. The van der Waals surface area contributed by atoms with E-state index in [-0.39, 0.29) is 0 Å². The van der Waals surface area contributed by atoms with E-state index in [2.05, 4.69) is 15.6 Å². The van der Waals surface area contributed by atoms with Gasteiger partial charge in [-0.25, -0.2) is 9.80 Å². The minimum Gasteiger partial charge on any atom is -0.350 e. The molecular formula is C3H8N4O2. The van der Waals surface area contributed by atoms with Crippen molar-refractivity contribution in [2.24, 2.45) is 5.84 Å². The van der Waals surface area contributed by atoms with Crippen LogP contribution in [0.2, 0.25) is 0 Å². The van der Waals surface area contributed by atoms with Crippen molar-refractivity contribution in [1.29, 1.82) is 0 Å². The van der Waals surface area contributed by atoms with Gasteiger partial charge >= 0.3 is 6.09 Å². The van der Waals surface area contributed by atoms with E-state index in [0.717, 1.165) is 0 Å². The third-order valence-electron chi connectivity index (χ3n) is 0.925. The SMILES string of the molecule is CN(N)C1NOC(=O)N1. The molecule has 1 fully saturated rings. The number of nitrogens with one attached hydrogen (secondary N) is 2. The number of amides is 1. The first-order valence-corrected chi connectivity index (χ1v) is 2.40. The number of hydrazine groups is 1. The number of hydroxylamine groups is 1. The number of hydrogen-bond donors (Lipinski definition) is 3. The maximum Gasteiger partial charge on any atom is 0.428 e. The van der Waals surface area contributed by atoms with Gasteiger partial charge in [-0.15, -0.1) is 5.48 Å². The van der Waals surface area contributed by atoms with Gasteiger partial charge in [-0.3, -0.25) is 11.2 Å². The predicted octanol–water partition coefficient (Wildman–Crippen LogP) is -1.68. The Morgan fingerprint density at radius 2 is 2.56 bits per heavy atom. The fraction of sp³-hybridized carbons (Fsp3) is 0.667. The second-order valence-electron chi connectivity index (χ2n) is 1.72. The molecule has 0 spiro atoms. The highest BCUT2D eigenvalue weighted by Crippen LogP contribution is 1.89. The Morgan fingerprint density at radius 1 is 1.89 bits per heavy atom. The zero-order valence-corrected chi connectivity index (χ0v) is 4.92. The molecule has 4 N–H and O–H groups in total. The summed E-state index contributed by atoms with van der Waals surface area (Å²) in [5.74, 6) is 5.24. The Kier molecular flexibility index (Phi) is 1.52. The van der Waals surface area contributed by atoms with Crippen LogP contribution < -0.4 is 16.6 Å². The van der Waals surface area contributed by atoms with Crippen molar-refractivity contribution in [3.8, 4) is 0 Å². The van der Waals surface area contributed by atoms with Crippen LogP contribution >= 0.6 is 0 Å². The van der Waals surface area contributed by atoms with E-state index < -0.39 is 12.4 Å². The van der Waals surface area contributed by atoms with E-state index in [1.54, 1.807) is 7.05 Å². The molecular weight excluding hydrogens is 124 g/mol. The average molecular weight is 132 g/mol. The van der Waals surface area contributed by atoms with E-state index in [4.69, 9.17) is 5.84 Å². The summed E-state index contributed by atoms with van der Waals surface area (Å²) < 4.78 is 0. The fourth-order valence-corrected chi connectivity index (χ4v) is 0.465. The summed E-state index contributed by atoms with van der Waals surface area (Å²) in [7, 11) is 1.60. The molecule has 1 atom stereocenters. The molecule has 0 radical (unpaired) electrons. The molecule has 0 saturated carbocycles. The Morgan fingerprint density at radius 3 is 2.78 bits per heavy atom. The molecule has 0 aliphatic carbocycles. The molecule has 1 aliphatic heterocycles. The van der Waals surface area contributed by atoms with Gasteiger partial charge in [0.2, 0.25) is 0 Å². The molecule has 9 heavy (non-hydrogen) atoms. The van der Waals surface area contributed by atoms with E-state index in [9.17, 15) is 4.79 Å². The van der Waals surface area contributed by atoms with Crippen molar-refractivity contribution in [3.05, 3.63) is 0 Å². The number of nitrogens with two attached hydrogens (primary N) is 1. The maximum atomic E-state index is 10.3. The topological polar surface area (TPSA) is 79.6 Å². The van der Waals surface area contributed by atoms with Crippen LogP contribution in [0.5, 0.6) is 0 Å². The standard InChI is InChI=1S/C3H8N4O2/c1-7(4)2-5-3(8)9-6-2/h2,6H,4H2,1H3,(H,5,8). The van der Waals surface area contributed by atoms with Gasteiger partial charge in [0.05, 0.1) is 0 Å². The molecule has 1 heterocycles. The van der Waals surface area contributed by atoms with Crippen LogP contribution in [0, 0.1) is 0 Å². The van der Waals surface area contributed by atoms with E-state index in [1.807, 2.05) is 0 Å². The van der Waals surface area contributed by atoms with Gasteiger partial charge in [0, 0.05) is 7.05 Å². The number of hydrogen-bond acceptors (Lipinski definition) is 5. The molecule has 1 unspecified atom stereocenters. The largest absolute Gasteiger partial charge is 0.428 e. The van der Waals surface area contributed by atoms with Gasteiger partial charge < -0.3 is 4.84 Å². The molecule has 1 amide bonds. The highest BCUT2D eigenvalue weighted by Gasteiger charge is 2.23. The van der Waals surface area contributed by atoms with Crippen molar-refractivity contribution in [3.63, 3.8) is 0 Å². The molecule has 0 aromatic rings. The van der Waals surface area contributed by atoms with Crippen LogP contribution in [0.4, 0.5) is 4.79 Å². The number of carbonyl (C=O) groups excluding carboxylic acids is 1. The number of carbonyl (C=O) groups is 1. The first-order chi connectivity index (χ1) is 4.20. The lowest BCUT2D eigenvalue weighted by molar-refractivity contribution is 0.0794. The summed E-state index contributed by atoms with van der Waals surface area (Å²) in [6, 6.07) is 0. The van der Waals surface area contributed by atoms with Crippen molar-refractivity contribution < 1.29 is 9.63 Å². The van der Waals surface area contributed by atoms with Crippen molar-refractivity contribution in [2.45, 2.75) is 6.29 Å². The van der Waals surface area contributed by atoms with Crippen molar-refractivity contribution in [2.75, 3.05) is 7.05 Å². The summed E-state index contributed by atoms with van der Waals surface area (Å²) in [4.78, 5) is 14.6. The van der Waals surface area contributed by atoms with Gasteiger partial charge in [-0.05, 0) is 0 Å². The molecule has 1 aliphatic rings. The molecule has 52 valence electrons. The fourth-order valence-electron chi connectivity index (χ4n) is 0.465. The summed E-state index contributed by atoms with van der Waals surface area (Å²) >= 11 is 0. The lowest BCUT2D eigenvalue weighted by atomic mass is 10.8. The molecule has 0 bridgehead atoms. The summed E-state index contributed by atoms with van der Waals surface area (Å²) in [6.07, 6.45) is -0.935. The predicted molar refractivity (Wildman–Crippen MR) is 28.5 cm³/mol. The average Bonchev–Trinajstić information content (AvgIpc) is 2.14. The first-order valence-electron chi connectivity index (χ1n) is 2.40. The summed E-state index contributed by atoms with van der Waals surface area (Å²) in [5, 5.41) is 3.66. The smallest absolute Gasteiger partial charge is 0.350 e. The molecule has 0 aromatic carbocycles. The summed E-state index contributed by atoms with van der Waals surface area (Å²) in [5.41, 5.74) is 2.35. The minimum atomic E-state index is -0.516. The maximum absolute atomic E-state index is 10.3. The monoisotopic (exact) mass is 132 g/mol. The third-order valence-corrected chi connectivity index (χ3v) is 0.925. The van der Waals surface area contributed by atoms with Crippen molar-refractivity contribution in [1.82, 2.24) is 15.8 Å². The van der Waals surface area contributed by atoms with Crippen LogP contribution in [-0.2, 0) is 4.84 Å². The minimum absolute atomic E-state index is 0.419. The van der Waals surface area contributed by atoms with Crippen LogP contribution in [0.1, 0.15) is 0 Å². The summed E-state index contributed by atoms with van der Waals surface area (Å²) in [6.45, 7) is 0. The first kappa shape index (κ1) is 6.27. The molecule has 1 rings (SSSR count). The highest BCUT2D eigenvalue weighted by atomic mass is 16.7. The second kappa shape index (κ2) is 2.18. The Labute approximate surface area is 51.9 Å². The van der Waals surface area contributed by atoms with E-state index >= 15 is 0 Å². The van der Waals surface area contributed by atoms with Gasteiger partial charge in [0.1, 0.15) is 0 Å². The van der Waals surface area contributed by atoms with E-state index in [0.29, 0.717) is 0 Å². The normalized spacial score (nSPS) is 26.1. The van der Waals surface area contributed by atoms with Gasteiger partial charge in [0.25, 0.3) is 0 Å². The Balaban J connectivity index is 2.39. The Hall–Kier alpha value is -0.850. The quantitative estimate of drug-likeness (QED) is 0.293. The van der Waals surface area contributed by atoms with Gasteiger partial charge in [0.15, 0.2) is 6.29 Å². The zero-order chi connectivity index (χ0) is 6.85. The van der Waals surface area contributed by atoms with Gasteiger partial charge in [-0.2, -0.15) is 0 Å². The lowest BCUT2D eigenvalue weighted by Gasteiger charge is -2.14. The highest BCUT2D eigenvalue weighted by molar-refractivity contribution is 5.68. The lowest BCUT2D eigenvalue weighted by Crippen LogP contribution is -2.50. The van der Waals surface area contributed by atoms with Crippen LogP contribution in [-0.4, -0.2) is 24.4 Å². The molecule has 6 nitrogen and oxygen atoms in total. The van der Waals surface area contributed by atoms with E-state index in [1.165, 1.54) is 5.01 Å². The second-order valence-corrected chi connectivity index (χ2v) is 1.72. The van der Waals surface area contributed by atoms with Crippen LogP contribution in [0.3, 0.4) is 0 Å². The third kappa shape index (κ3) is 1.28. The number of rotatable bonds is 1. The van der Waals surface area contributed by atoms with Crippen LogP contribution in [0.15, 0.2) is 0 Å². The Bertz CT molecular complexity index is 125.